The second-order valence-electron chi connectivity index (χ2n) is 5.97. The first-order valence-electron chi connectivity index (χ1n) is 8.07. The molecule has 1 aliphatic rings. The van der Waals surface area contributed by atoms with Gasteiger partial charge in [0.1, 0.15) is 5.82 Å². The van der Waals surface area contributed by atoms with Gasteiger partial charge >= 0.3 is 0 Å². The number of aromatic amines is 1. The molecule has 0 aromatic carbocycles. The van der Waals surface area contributed by atoms with Crippen molar-refractivity contribution in [2.75, 3.05) is 20.3 Å². The van der Waals surface area contributed by atoms with Gasteiger partial charge in [0.2, 0.25) is 0 Å². The molecule has 1 fully saturated rings. The molecule has 1 aromatic rings. The fourth-order valence-electron chi connectivity index (χ4n) is 3.20. The molecule has 2 rings (SSSR count). The molecule has 1 aromatic heterocycles. The van der Waals surface area contributed by atoms with Crippen molar-refractivity contribution in [2.24, 2.45) is 5.92 Å². The first kappa shape index (κ1) is 15.5. The molecule has 1 heterocycles. The third-order valence-electron chi connectivity index (χ3n) is 4.38. The van der Waals surface area contributed by atoms with Gasteiger partial charge in [0, 0.05) is 38.0 Å². The molecule has 0 radical (unpaired) electrons. The third kappa shape index (κ3) is 4.60. The lowest BCUT2D eigenvalue weighted by Crippen LogP contribution is -2.19. The number of imidazole rings is 1. The number of ether oxygens (including phenoxy) is 1. The summed E-state index contributed by atoms with van der Waals surface area (Å²) < 4.78 is 5.02. The van der Waals surface area contributed by atoms with E-state index >= 15 is 0 Å². The summed E-state index contributed by atoms with van der Waals surface area (Å²) in [5.74, 6) is 2.81. The highest BCUT2D eigenvalue weighted by Gasteiger charge is 2.23. The fourth-order valence-corrected chi connectivity index (χ4v) is 3.20. The van der Waals surface area contributed by atoms with E-state index in [1.165, 1.54) is 50.0 Å². The molecular weight excluding hydrogens is 250 g/mol. The average molecular weight is 279 g/mol. The second kappa shape index (κ2) is 8.42. The quantitative estimate of drug-likeness (QED) is 0.718. The molecule has 4 heteroatoms. The molecule has 0 unspecified atom stereocenters. The van der Waals surface area contributed by atoms with Crippen LogP contribution in [0.3, 0.4) is 0 Å². The monoisotopic (exact) mass is 279 g/mol. The van der Waals surface area contributed by atoms with Crippen LogP contribution in [0.5, 0.6) is 0 Å². The number of hydrogen-bond donors (Lipinski definition) is 2. The summed E-state index contributed by atoms with van der Waals surface area (Å²) in [5.41, 5.74) is 1.19. The van der Waals surface area contributed by atoms with Gasteiger partial charge in [-0.2, -0.15) is 0 Å². The second-order valence-corrected chi connectivity index (χ2v) is 5.97. The Morgan fingerprint density at radius 2 is 2.15 bits per heavy atom. The molecule has 0 atom stereocenters. The Morgan fingerprint density at radius 3 is 2.85 bits per heavy atom. The van der Waals surface area contributed by atoms with E-state index in [4.69, 9.17) is 4.74 Å². The molecule has 1 saturated carbocycles. The van der Waals surface area contributed by atoms with Crippen LogP contribution in [-0.4, -0.2) is 30.2 Å². The minimum absolute atomic E-state index is 0.649. The standard InChI is InChI=1S/C16H29N3O/c1-3-4-13-5-7-14(8-6-13)16-18-12-15(19-16)11-17-9-10-20-2/h12-14,17H,3-11H2,1-2H3,(H,18,19). The minimum atomic E-state index is 0.649. The third-order valence-corrected chi connectivity index (χ3v) is 4.38. The van der Waals surface area contributed by atoms with Crippen molar-refractivity contribution < 1.29 is 4.74 Å². The Bertz CT molecular complexity index is 370. The first-order chi connectivity index (χ1) is 9.83. The topological polar surface area (TPSA) is 49.9 Å². The number of nitrogens with one attached hydrogen (secondary N) is 2. The van der Waals surface area contributed by atoms with Gasteiger partial charge in [-0.1, -0.05) is 19.8 Å². The van der Waals surface area contributed by atoms with Gasteiger partial charge in [0.15, 0.2) is 0 Å². The van der Waals surface area contributed by atoms with Crippen LogP contribution in [0.15, 0.2) is 6.20 Å². The number of rotatable bonds is 8. The molecule has 1 aliphatic carbocycles. The van der Waals surface area contributed by atoms with Crippen LogP contribution >= 0.6 is 0 Å². The lowest BCUT2D eigenvalue weighted by molar-refractivity contribution is 0.199. The molecule has 0 aliphatic heterocycles. The van der Waals surface area contributed by atoms with Crippen molar-refractivity contribution >= 4 is 0 Å². The molecule has 2 N–H and O–H groups in total. The van der Waals surface area contributed by atoms with Crippen molar-refractivity contribution in [3.8, 4) is 0 Å². The Labute approximate surface area is 122 Å². The predicted molar refractivity (Wildman–Crippen MR) is 81.8 cm³/mol. The Kier molecular flexibility index (Phi) is 6.54. The largest absolute Gasteiger partial charge is 0.383 e. The van der Waals surface area contributed by atoms with E-state index in [-0.39, 0.29) is 0 Å². The van der Waals surface area contributed by atoms with Gasteiger partial charge < -0.3 is 15.0 Å². The average Bonchev–Trinajstić information content (AvgIpc) is 2.94. The van der Waals surface area contributed by atoms with Gasteiger partial charge in [-0.3, -0.25) is 0 Å². The SMILES string of the molecule is CCCC1CCC(c2ncc(CNCCOC)[nH]2)CC1. The summed E-state index contributed by atoms with van der Waals surface area (Å²) in [7, 11) is 1.73. The highest BCUT2D eigenvalue weighted by atomic mass is 16.5. The minimum Gasteiger partial charge on any atom is -0.383 e. The molecule has 114 valence electrons. The van der Waals surface area contributed by atoms with E-state index in [2.05, 4.69) is 22.2 Å². The van der Waals surface area contributed by atoms with Crippen molar-refractivity contribution in [1.29, 1.82) is 0 Å². The lowest BCUT2D eigenvalue weighted by atomic mass is 9.80. The highest BCUT2D eigenvalue weighted by molar-refractivity contribution is 5.06. The Morgan fingerprint density at radius 1 is 1.35 bits per heavy atom. The molecule has 0 saturated heterocycles. The predicted octanol–water partition coefficient (Wildman–Crippen LogP) is 3.22. The van der Waals surface area contributed by atoms with E-state index in [1.807, 2.05) is 6.20 Å². The summed E-state index contributed by atoms with van der Waals surface area (Å²) in [4.78, 5) is 8.08. The number of aromatic nitrogens is 2. The van der Waals surface area contributed by atoms with Gasteiger partial charge in [-0.15, -0.1) is 0 Å². The molecular formula is C16H29N3O. The summed E-state index contributed by atoms with van der Waals surface area (Å²) in [6.07, 6.45) is 10.1. The maximum Gasteiger partial charge on any atom is 0.109 e. The zero-order chi connectivity index (χ0) is 14.2. The number of methoxy groups -OCH3 is 1. The van der Waals surface area contributed by atoms with E-state index < -0.39 is 0 Å². The van der Waals surface area contributed by atoms with Gasteiger partial charge in [0.05, 0.1) is 6.61 Å². The fraction of sp³-hybridized carbons (Fsp3) is 0.812. The van der Waals surface area contributed by atoms with E-state index in [0.29, 0.717) is 5.92 Å². The molecule has 0 bridgehead atoms. The lowest BCUT2D eigenvalue weighted by Gasteiger charge is -2.27. The summed E-state index contributed by atoms with van der Waals surface area (Å²) in [6, 6.07) is 0. The number of hydrogen-bond acceptors (Lipinski definition) is 3. The molecule has 4 nitrogen and oxygen atoms in total. The van der Waals surface area contributed by atoms with Crippen molar-refractivity contribution in [3.63, 3.8) is 0 Å². The number of H-pyrrole nitrogens is 1. The van der Waals surface area contributed by atoms with E-state index in [0.717, 1.165) is 25.6 Å². The summed E-state index contributed by atoms with van der Waals surface area (Å²) >= 11 is 0. The Balaban J connectivity index is 1.75. The summed E-state index contributed by atoms with van der Waals surface area (Å²) in [5, 5.41) is 3.35. The number of nitrogens with zero attached hydrogens (tertiary/aromatic N) is 1. The van der Waals surface area contributed by atoms with Gasteiger partial charge in [0.25, 0.3) is 0 Å². The van der Waals surface area contributed by atoms with Crippen LogP contribution in [0.4, 0.5) is 0 Å². The molecule has 20 heavy (non-hydrogen) atoms. The van der Waals surface area contributed by atoms with Crippen LogP contribution in [0.1, 0.15) is 62.9 Å². The zero-order valence-electron chi connectivity index (χ0n) is 13.0. The van der Waals surface area contributed by atoms with Gasteiger partial charge in [-0.25, -0.2) is 4.98 Å². The van der Waals surface area contributed by atoms with Crippen LogP contribution in [0.25, 0.3) is 0 Å². The maximum atomic E-state index is 5.02. The summed E-state index contributed by atoms with van der Waals surface area (Å²) in [6.45, 7) is 4.78. The van der Waals surface area contributed by atoms with Crippen molar-refractivity contribution in [3.05, 3.63) is 17.7 Å². The molecule has 0 amide bonds. The highest BCUT2D eigenvalue weighted by Crippen LogP contribution is 2.36. The van der Waals surface area contributed by atoms with Crippen molar-refractivity contribution in [2.45, 2.75) is 57.9 Å². The van der Waals surface area contributed by atoms with Crippen LogP contribution in [0, 0.1) is 5.92 Å². The van der Waals surface area contributed by atoms with E-state index in [9.17, 15) is 0 Å². The van der Waals surface area contributed by atoms with E-state index in [1.54, 1.807) is 7.11 Å². The zero-order valence-corrected chi connectivity index (χ0v) is 13.0. The van der Waals surface area contributed by atoms with Crippen LogP contribution in [-0.2, 0) is 11.3 Å². The first-order valence-corrected chi connectivity index (χ1v) is 8.07. The smallest absolute Gasteiger partial charge is 0.109 e. The van der Waals surface area contributed by atoms with Crippen LogP contribution < -0.4 is 5.32 Å². The maximum absolute atomic E-state index is 5.02. The molecule has 0 spiro atoms. The van der Waals surface area contributed by atoms with Crippen LogP contribution in [0.2, 0.25) is 0 Å². The normalized spacial score (nSPS) is 23.1. The van der Waals surface area contributed by atoms with Crippen molar-refractivity contribution in [1.82, 2.24) is 15.3 Å². The Hall–Kier alpha value is -0.870. The van der Waals surface area contributed by atoms with Gasteiger partial charge in [-0.05, 0) is 31.6 Å².